The predicted molar refractivity (Wildman–Crippen MR) is 70.8 cm³/mol. The van der Waals surface area contributed by atoms with Crippen LogP contribution in [0.4, 0.5) is 0 Å². The molecule has 3 aromatic heterocycles. The summed E-state index contributed by atoms with van der Waals surface area (Å²) in [5.74, 6) is 0.881. The van der Waals surface area contributed by atoms with E-state index in [1.807, 2.05) is 25.6 Å². The minimum Gasteiger partial charge on any atom is -0.483 e. The SMILES string of the molecule is Cn1cc(Cn2ccnc2-c2cnc[nH]2)cn1.O=CO. The Kier molecular flexibility index (Phi) is 4.28. The first-order valence-electron chi connectivity index (χ1n) is 5.80. The van der Waals surface area contributed by atoms with Crippen LogP contribution in [0.25, 0.3) is 11.5 Å². The van der Waals surface area contributed by atoms with E-state index in [4.69, 9.17) is 9.90 Å². The number of hydrogen-bond donors (Lipinski definition) is 2. The average Bonchev–Trinajstić information content (AvgIpc) is 3.12. The van der Waals surface area contributed by atoms with E-state index >= 15 is 0 Å². The van der Waals surface area contributed by atoms with E-state index in [0.29, 0.717) is 0 Å². The van der Waals surface area contributed by atoms with E-state index in [1.165, 1.54) is 0 Å². The molecule has 2 N–H and O–H groups in total. The molecule has 0 radical (unpaired) electrons. The smallest absolute Gasteiger partial charge is 0.290 e. The van der Waals surface area contributed by atoms with Crippen LogP contribution in [-0.4, -0.2) is 40.9 Å². The molecular formula is C12H14N6O2. The highest BCUT2D eigenvalue weighted by atomic mass is 16.3. The molecule has 0 saturated heterocycles. The van der Waals surface area contributed by atoms with Gasteiger partial charge in [-0.3, -0.25) is 9.48 Å². The molecular weight excluding hydrogens is 260 g/mol. The van der Waals surface area contributed by atoms with Crippen molar-refractivity contribution in [3.8, 4) is 11.5 Å². The molecule has 20 heavy (non-hydrogen) atoms. The van der Waals surface area contributed by atoms with Crippen LogP contribution in [0.5, 0.6) is 0 Å². The molecule has 0 aliphatic heterocycles. The lowest BCUT2D eigenvalue weighted by Crippen LogP contribution is -2.00. The second-order valence-electron chi connectivity index (χ2n) is 3.97. The van der Waals surface area contributed by atoms with Gasteiger partial charge < -0.3 is 14.7 Å². The van der Waals surface area contributed by atoms with Crippen LogP contribution in [0.3, 0.4) is 0 Å². The zero-order valence-corrected chi connectivity index (χ0v) is 10.8. The normalized spacial score (nSPS) is 9.85. The van der Waals surface area contributed by atoms with Crippen LogP contribution < -0.4 is 0 Å². The van der Waals surface area contributed by atoms with Gasteiger partial charge in [-0.2, -0.15) is 5.10 Å². The van der Waals surface area contributed by atoms with Crippen LogP contribution in [0.15, 0.2) is 37.3 Å². The number of aromatic nitrogens is 6. The van der Waals surface area contributed by atoms with E-state index in [-0.39, 0.29) is 6.47 Å². The molecule has 0 unspecified atom stereocenters. The van der Waals surface area contributed by atoms with E-state index < -0.39 is 0 Å². The summed E-state index contributed by atoms with van der Waals surface area (Å²) >= 11 is 0. The number of nitrogens with zero attached hydrogens (tertiary/aromatic N) is 5. The topological polar surface area (TPSA) is 102 Å². The molecule has 0 aliphatic rings. The van der Waals surface area contributed by atoms with E-state index in [0.717, 1.165) is 23.6 Å². The zero-order chi connectivity index (χ0) is 14.4. The Bertz CT molecular complexity index is 655. The molecule has 104 valence electrons. The fourth-order valence-electron chi connectivity index (χ4n) is 1.81. The molecule has 8 heteroatoms. The van der Waals surface area contributed by atoms with Gasteiger partial charge in [0.2, 0.25) is 0 Å². The molecule has 0 aliphatic carbocycles. The fraction of sp³-hybridized carbons (Fsp3) is 0.167. The second-order valence-corrected chi connectivity index (χ2v) is 3.97. The third-order valence-electron chi connectivity index (χ3n) is 2.57. The molecule has 0 bridgehead atoms. The van der Waals surface area contributed by atoms with E-state index in [2.05, 4.69) is 24.6 Å². The minimum absolute atomic E-state index is 0.250. The quantitative estimate of drug-likeness (QED) is 0.686. The van der Waals surface area contributed by atoms with Crippen molar-refractivity contribution in [2.45, 2.75) is 6.54 Å². The zero-order valence-electron chi connectivity index (χ0n) is 10.8. The molecule has 8 nitrogen and oxygen atoms in total. The van der Waals surface area contributed by atoms with E-state index in [1.54, 1.807) is 23.4 Å². The number of aromatic amines is 1. The number of carbonyl (C=O) groups is 1. The van der Waals surface area contributed by atoms with Gasteiger partial charge in [0, 0.05) is 31.2 Å². The monoisotopic (exact) mass is 274 g/mol. The summed E-state index contributed by atoms with van der Waals surface area (Å²) in [6.45, 7) is 0.502. The van der Waals surface area contributed by atoms with Gasteiger partial charge >= 0.3 is 0 Å². The Morgan fingerprint density at radius 2 is 2.25 bits per heavy atom. The van der Waals surface area contributed by atoms with Crippen LogP contribution in [0, 0.1) is 0 Å². The maximum absolute atomic E-state index is 8.36. The molecule has 0 fully saturated rings. The predicted octanol–water partition coefficient (Wildman–Crippen LogP) is 0.756. The highest BCUT2D eigenvalue weighted by molar-refractivity contribution is 5.48. The standard InChI is InChI=1S/C11H12N6.CH2O2/c1-16-6-9(4-15-16)7-17-3-2-13-11(17)10-5-12-8-14-10;2-1-3/h2-6,8H,7H2,1H3,(H,12,14);1H,(H,2,3). The molecule has 3 aromatic rings. The summed E-state index contributed by atoms with van der Waals surface area (Å²) < 4.78 is 3.85. The van der Waals surface area contributed by atoms with Crippen molar-refractivity contribution in [1.29, 1.82) is 0 Å². The third kappa shape index (κ3) is 3.10. The van der Waals surface area contributed by atoms with Crippen molar-refractivity contribution in [3.63, 3.8) is 0 Å². The molecule has 0 saturated carbocycles. The van der Waals surface area contributed by atoms with Crippen molar-refractivity contribution in [2.75, 3.05) is 0 Å². The largest absolute Gasteiger partial charge is 0.483 e. The molecule has 3 rings (SSSR count). The lowest BCUT2D eigenvalue weighted by Gasteiger charge is -2.03. The molecule has 3 heterocycles. The Morgan fingerprint density at radius 1 is 1.45 bits per heavy atom. The molecule has 0 amide bonds. The van der Waals surface area contributed by atoms with Gasteiger partial charge in [0.15, 0.2) is 5.82 Å². The van der Waals surface area contributed by atoms with Gasteiger partial charge in [0.1, 0.15) is 5.69 Å². The summed E-state index contributed by atoms with van der Waals surface area (Å²) in [6.07, 6.45) is 11.0. The Hall–Kier alpha value is -2.90. The van der Waals surface area contributed by atoms with Crippen molar-refractivity contribution in [1.82, 2.24) is 29.3 Å². The summed E-state index contributed by atoms with van der Waals surface area (Å²) in [5.41, 5.74) is 2.06. The number of hydrogen-bond acceptors (Lipinski definition) is 4. The summed E-state index contributed by atoms with van der Waals surface area (Å²) in [5, 5.41) is 11.0. The van der Waals surface area contributed by atoms with Gasteiger partial charge in [0.05, 0.1) is 25.3 Å². The summed E-state index contributed by atoms with van der Waals surface area (Å²) in [7, 11) is 1.91. The number of aryl methyl sites for hydroxylation is 1. The van der Waals surface area contributed by atoms with Crippen molar-refractivity contribution < 1.29 is 9.90 Å². The second kappa shape index (κ2) is 6.32. The number of imidazole rings is 2. The maximum atomic E-state index is 8.36. The van der Waals surface area contributed by atoms with Crippen molar-refractivity contribution in [3.05, 3.63) is 42.9 Å². The highest BCUT2D eigenvalue weighted by Gasteiger charge is 2.07. The number of nitrogens with one attached hydrogen (secondary N) is 1. The minimum atomic E-state index is -0.250. The average molecular weight is 274 g/mol. The Labute approximate surface area is 114 Å². The van der Waals surface area contributed by atoms with Crippen LogP contribution >= 0.6 is 0 Å². The maximum Gasteiger partial charge on any atom is 0.290 e. The molecule has 0 atom stereocenters. The Balaban J connectivity index is 0.000000452. The molecule has 0 spiro atoms. The van der Waals surface area contributed by atoms with Crippen LogP contribution in [0.2, 0.25) is 0 Å². The Morgan fingerprint density at radius 3 is 2.85 bits per heavy atom. The lowest BCUT2D eigenvalue weighted by atomic mass is 10.3. The van der Waals surface area contributed by atoms with Crippen LogP contribution in [-0.2, 0) is 18.4 Å². The van der Waals surface area contributed by atoms with E-state index in [9.17, 15) is 0 Å². The van der Waals surface area contributed by atoms with Crippen molar-refractivity contribution in [2.24, 2.45) is 7.05 Å². The van der Waals surface area contributed by atoms with Gasteiger partial charge in [-0.05, 0) is 0 Å². The van der Waals surface area contributed by atoms with Crippen LogP contribution in [0.1, 0.15) is 5.56 Å². The van der Waals surface area contributed by atoms with Gasteiger partial charge in [-0.15, -0.1) is 0 Å². The first-order chi connectivity index (χ1) is 9.74. The molecule has 0 aromatic carbocycles. The van der Waals surface area contributed by atoms with Gasteiger partial charge in [0.25, 0.3) is 6.47 Å². The van der Waals surface area contributed by atoms with Gasteiger partial charge in [-0.25, -0.2) is 9.97 Å². The third-order valence-corrected chi connectivity index (χ3v) is 2.57. The fourth-order valence-corrected chi connectivity index (χ4v) is 1.81. The van der Waals surface area contributed by atoms with Crippen molar-refractivity contribution >= 4 is 6.47 Å². The number of rotatable bonds is 3. The first kappa shape index (κ1) is 13.5. The summed E-state index contributed by atoms with van der Waals surface area (Å²) in [4.78, 5) is 19.7. The number of H-pyrrole nitrogens is 1. The van der Waals surface area contributed by atoms with Gasteiger partial charge in [-0.1, -0.05) is 0 Å². The first-order valence-corrected chi connectivity index (χ1v) is 5.80. The summed E-state index contributed by atoms with van der Waals surface area (Å²) in [6, 6.07) is 0. The lowest BCUT2D eigenvalue weighted by molar-refractivity contribution is -0.122. The number of carboxylic acid groups (broad SMARTS) is 1. The highest BCUT2D eigenvalue weighted by Crippen LogP contribution is 2.14.